The Bertz CT molecular complexity index is 813. The first kappa shape index (κ1) is 19.3. The fraction of sp³-hybridized carbons (Fsp3) is 0.429. The number of aromatic nitrogens is 1. The highest BCUT2D eigenvalue weighted by Crippen LogP contribution is 2.24. The molecular weight excluding hydrogens is 345 g/mol. The van der Waals surface area contributed by atoms with Gasteiger partial charge in [0, 0.05) is 24.7 Å². The number of carbonyl (C=O) groups excluding carboxylic acids is 1. The van der Waals surface area contributed by atoms with Crippen LogP contribution >= 0.6 is 0 Å². The second-order valence-electron chi connectivity index (χ2n) is 7.67. The molecule has 1 aromatic carbocycles. The minimum Gasteiger partial charge on any atom is -0.356 e. The highest BCUT2D eigenvalue weighted by atomic mass is 19.1. The van der Waals surface area contributed by atoms with Gasteiger partial charge in [-0.25, -0.2) is 4.39 Å². The van der Waals surface area contributed by atoms with Gasteiger partial charge in [-0.05, 0) is 43.5 Å². The van der Waals surface area contributed by atoms with Crippen LogP contribution in [0.1, 0.15) is 32.9 Å². The molecule has 0 radical (unpaired) electrons. The SMILES string of the molecule is C=C(C)[C@H]1CN(Cc2cc(-c3ccc(F)cc3)on2)[C@@H](CC(C)C)C(=O)N1. The Morgan fingerprint density at radius 2 is 2.11 bits per heavy atom. The van der Waals surface area contributed by atoms with Crippen molar-refractivity contribution in [2.24, 2.45) is 5.92 Å². The maximum Gasteiger partial charge on any atom is 0.237 e. The Kier molecular flexibility index (Phi) is 5.75. The van der Waals surface area contributed by atoms with Crippen molar-refractivity contribution in [3.8, 4) is 11.3 Å². The second-order valence-corrected chi connectivity index (χ2v) is 7.67. The number of rotatable bonds is 6. The molecule has 2 heterocycles. The van der Waals surface area contributed by atoms with Crippen LogP contribution in [-0.4, -0.2) is 34.6 Å². The van der Waals surface area contributed by atoms with Gasteiger partial charge in [-0.1, -0.05) is 31.2 Å². The highest BCUT2D eigenvalue weighted by Gasteiger charge is 2.35. The van der Waals surface area contributed by atoms with Crippen molar-refractivity contribution < 1.29 is 13.7 Å². The monoisotopic (exact) mass is 371 g/mol. The van der Waals surface area contributed by atoms with Crippen LogP contribution in [0.15, 0.2) is 47.0 Å². The third kappa shape index (κ3) is 4.63. The summed E-state index contributed by atoms with van der Waals surface area (Å²) < 4.78 is 18.5. The van der Waals surface area contributed by atoms with E-state index in [1.807, 2.05) is 13.0 Å². The molecule has 1 saturated heterocycles. The first-order valence-corrected chi connectivity index (χ1v) is 9.25. The maximum absolute atomic E-state index is 13.1. The Morgan fingerprint density at radius 3 is 2.74 bits per heavy atom. The lowest BCUT2D eigenvalue weighted by Crippen LogP contribution is -2.60. The first-order valence-electron chi connectivity index (χ1n) is 9.25. The number of piperazine rings is 1. The smallest absolute Gasteiger partial charge is 0.237 e. The summed E-state index contributed by atoms with van der Waals surface area (Å²) in [6.45, 7) is 11.3. The molecule has 0 saturated carbocycles. The van der Waals surface area contributed by atoms with Gasteiger partial charge >= 0.3 is 0 Å². The predicted molar refractivity (Wildman–Crippen MR) is 102 cm³/mol. The summed E-state index contributed by atoms with van der Waals surface area (Å²) in [5, 5.41) is 7.22. The summed E-state index contributed by atoms with van der Waals surface area (Å²) in [7, 11) is 0. The van der Waals surface area contributed by atoms with E-state index in [-0.39, 0.29) is 23.8 Å². The largest absolute Gasteiger partial charge is 0.356 e. The maximum atomic E-state index is 13.1. The molecule has 144 valence electrons. The molecule has 1 N–H and O–H groups in total. The number of amides is 1. The standard InChI is InChI=1S/C21H26FN3O2/c1-13(2)9-19-21(26)23-18(14(3)4)12-25(19)11-17-10-20(27-24-17)15-5-7-16(22)8-6-15/h5-8,10,13,18-19H,3,9,11-12H2,1-2,4H3,(H,23,26)/t18-,19+/m1/s1. The van der Waals surface area contributed by atoms with E-state index in [4.69, 9.17) is 4.52 Å². The van der Waals surface area contributed by atoms with E-state index < -0.39 is 0 Å². The lowest BCUT2D eigenvalue weighted by molar-refractivity contribution is -0.131. The molecule has 0 unspecified atom stereocenters. The molecule has 6 heteroatoms. The minimum absolute atomic E-state index is 0.0326. The first-order chi connectivity index (χ1) is 12.8. The average molecular weight is 371 g/mol. The van der Waals surface area contributed by atoms with Gasteiger partial charge in [0.15, 0.2) is 5.76 Å². The molecule has 2 atom stereocenters. The number of hydrogen-bond donors (Lipinski definition) is 1. The topological polar surface area (TPSA) is 58.4 Å². The number of halogens is 1. The van der Waals surface area contributed by atoms with E-state index in [0.717, 1.165) is 23.3 Å². The van der Waals surface area contributed by atoms with Crippen LogP contribution < -0.4 is 5.32 Å². The molecule has 1 aromatic heterocycles. The van der Waals surface area contributed by atoms with E-state index >= 15 is 0 Å². The van der Waals surface area contributed by atoms with Crippen molar-refractivity contribution in [1.82, 2.24) is 15.4 Å². The summed E-state index contributed by atoms with van der Waals surface area (Å²) >= 11 is 0. The van der Waals surface area contributed by atoms with Crippen molar-refractivity contribution in [3.05, 3.63) is 54.0 Å². The molecule has 1 fully saturated rings. The molecule has 3 rings (SSSR count). The molecule has 0 aliphatic carbocycles. The Morgan fingerprint density at radius 1 is 1.41 bits per heavy atom. The lowest BCUT2D eigenvalue weighted by atomic mass is 9.96. The summed E-state index contributed by atoms with van der Waals surface area (Å²) in [5.74, 6) is 0.727. The van der Waals surface area contributed by atoms with Crippen LogP contribution in [0.3, 0.4) is 0 Å². The van der Waals surface area contributed by atoms with E-state index in [9.17, 15) is 9.18 Å². The van der Waals surface area contributed by atoms with Crippen LogP contribution in [0, 0.1) is 11.7 Å². The quantitative estimate of drug-likeness (QED) is 0.786. The van der Waals surface area contributed by atoms with Crippen molar-refractivity contribution in [3.63, 3.8) is 0 Å². The zero-order chi connectivity index (χ0) is 19.6. The summed E-state index contributed by atoms with van der Waals surface area (Å²) in [4.78, 5) is 14.8. The molecule has 2 aromatic rings. The number of benzene rings is 1. The summed E-state index contributed by atoms with van der Waals surface area (Å²) in [5.41, 5.74) is 2.45. The van der Waals surface area contributed by atoms with Gasteiger partial charge < -0.3 is 9.84 Å². The van der Waals surface area contributed by atoms with Crippen molar-refractivity contribution in [1.29, 1.82) is 0 Å². The number of nitrogens with one attached hydrogen (secondary N) is 1. The van der Waals surface area contributed by atoms with Gasteiger partial charge in [0.05, 0.1) is 17.8 Å². The zero-order valence-electron chi connectivity index (χ0n) is 16.0. The second kappa shape index (κ2) is 8.05. The van der Waals surface area contributed by atoms with Crippen LogP contribution in [0.25, 0.3) is 11.3 Å². The van der Waals surface area contributed by atoms with Gasteiger partial charge in [0.1, 0.15) is 5.82 Å². The molecule has 5 nitrogen and oxygen atoms in total. The molecular formula is C21H26FN3O2. The zero-order valence-corrected chi connectivity index (χ0v) is 16.0. The minimum atomic E-state index is -0.291. The van der Waals surface area contributed by atoms with E-state index in [0.29, 0.717) is 24.8 Å². The number of hydrogen-bond acceptors (Lipinski definition) is 4. The summed E-state index contributed by atoms with van der Waals surface area (Å²) in [6.07, 6.45) is 0.775. The molecule has 1 aliphatic rings. The number of nitrogens with zero attached hydrogens (tertiary/aromatic N) is 2. The van der Waals surface area contributed by atoms with E-state index in [1.54, 1.807) is 12.1 Å². The van der Waals surface area contributed by atoms with Crippen LogP contribution in [0.5, 0.6) is 0 Å². The van der Waals surface area contributed by atoms with Gasteiger partial charge in [-0.2, -0.15) is 0 Å². The van der Waals surface area contributed by atoms with Gasteiger partial charge in [-0.3, -0.25) is 9.69 Å². The Hall–Kier alpha value is -2.47. The molecule has 0 bridgehead atoms. The van der Waals surface area contributed by atoms with Crippen LogP contribution in [-0.2, 0) is 11.3 Å². The number of carbonyl (C=O) groups is 1. The molecule has 0 spiro atoms. The van der Waals surface area contributed by atoms with Gasteiger partial charge in [0.25, 0.3) is 0 Å². The Balaban J connectivity index is 1.79. The fourth-order valence-electron chi connectivity index (χ4n) is 3.34. The van der Waals surface area contributed by atoms with Crippen LogP contribution in [0.2, 0.25) is 0 Å². The third-order valence-electron chi connectivity index (χ3n) is 4.82. The lowest BCUT2D eigenvalue weighted by Gasteiger charge is -2.40. The van der Waals surface area contributed by atoms with Crippen molar-refractivity contribution in [2.45, 2.75) is 45.8 Å². The fourth-order valence-corrected chi connectivity index (χ4v) is 3.34. The molecule has 1 aliphatic heterocycles. The molecule has 27 heavy (non-hydrogen) atoms. The van der Waals surface area contributed by atoms with E-state index in [2.05, 4.69) is 35.8 Å². The van der Waals surface area contributed by atoms with Crippen molar-refractivity contribution >= 4 is 5.91 Å². The predicted octanol–water partition coefficient (Wildman–Crippen LogP) is 3.77. The molecule has 1 amide bonds. The normalized spacial score (nSPS) is 20.7. The van der Waals surface area contributed by atoms with E-state index in [1.165, 1.54) is 12.1 Å². The highest BCUT2D eigenvalue weighted by molar-refractivity contribution is 5.83. The van der Waals surface area contributed by atoms with Crippen LogP contribution in [0.4, 0.5) is 4.39 Å². The summed E-state index contributed by atoms with van der Waals surface area (Å²) in [6, 6.07) is 7.68. The Labute approximate surface area is 159 Å². The van der Waals surface area contributed by atoms with Crippen molar-refractivity contribution in [2.75, 3.05) is 6.54 Å². The average Bonchev–Trinajstić information content (AvgIpc) is 3.06. The van der Waals surface area contributed by atoms with Gasteiger partial charge in [-0.15, -0.1) is 0 Å². The van der Waals surface area contributed by atoms with Gasteiger partial charge in [0.2, 0.25) is 5.91 Å². The third-order valence-corrected chi connectivity index (χ3v) is 4.82.